The molecule has 2 atom stereocenters. The molecule has 1 amide bonds. The number of rotatable bonds is 9. The van der Waals surface area contributed by atoms with Crippen molar-refractivity contribution in [3.05, 3.63) is 36.0 Å². The maximum absolute atomic E-state index is 12.4. The predicted molar refractivity (Wildman–Crippen MR) is 109 cm³/mol. The van der Waals surface area contributed by atoms with Gasteiger partial charge in [-0.15, -0.1) is 0 Å². The highest BCUT2D eigenvalue weighted by Gasteiger charge is 2.26. The summed E-state index contributed by atoms with van der Waals surface area (Å²) >= 11 is 0. The van der Waals surface area contributed by atoms with E-state index in [4.69, 9.17) is 5.73 Å². The second kappa shape index (κ2) is 9.46. The third kappa shape index (κ3) is 5.50. The predicted octanol–water partition coefficient (Wildman–Crippen LogP) is 2.41. The first kappa shape index (κ1) is 20.8. The fourth-order valence-electron chi connectivity index (χ4n) is 3.29. The Bertz CT molecular complexity index is 804. The number of nitrogens with two attached hydrogens (primary N) is 1. The number of Topliss-reactive ketones (excluding diaryl/α,β-unsaturated/α-hetero) is 1. The maximum Gasteiger partial charge on any atom is 0.237 e. The lowest BCUT2D eigenvalue weighted by Crippen LogP contribution is -2.48. The normalized spacial score (nSPS) is 13.5. The van der Waals surface area contributed by atoms with Crippen LogP contribution in [0, 0.1) is 5.92 Å². The van der Waals surface area contributed by atoms with Crippen LogP contribution in [-0.4, -0.2) is 48.3 Å². The Morgan fingerprint density at radius 3 is 2.67 bits per heavy atom. The van der Waals surface area contributed by atoms with Crippen molar-refractivity contribution in [3.8, 4) is 0 Å². The zero-order chi connectivity index (χ0) is 20.0. The Labute approximate surface area is 161 Å². The molecular weight excluding hydrogens is 340 g/mol. The van der Waals surface area contributed by atoms with Crippen molar-refractivity contribution in [2.45, 2.75) is 39.2 Å². The summed E-state index contributed by atoms with van der Waals surface area (Å²) in [5, 5.41) is 4.73. The third-order valence-electron chi connectivity index (χ3n) is 5.02. The second-order valence-electron chi connectivity index (χ2n) is 7.30. The number of aromatic nitrogens is 1. The Morgan fingerprint density at radius 2 is 2.00 bits per heavy atom. The van der Waals surface area contributed by atoms with Gasteiger partial charge in [0.2, 0.25) is 5.91 Å². The van der Waals surface area contributed by atoms with E-state index >= 15 is 0 Å². The molecule has 1 aromatic carbocycles. The first-order chi connectivity index (χ1) is 12.8. The number of carbonyl (C=O) groups excluding carboxylic acids is 2. The zero-order valence-corrected chi connectivity index (χ0v) is 16.7. The molecule has 1 aromatic heterocycles. The van der Waals surface area contributed by atoms with E-state index in [-0.39, 0.29) is 30.2 Å². The molecule has 0 radical (unpaired) electrons. The van der Waals surface area contributed by atoms with Crippen molar-refractivity contribution >= 4 is 28.3 Å². The molecule has 0 saturated heterocycles. The van der Waals surface area contributed by atoms with E-state index in [0.717, 1.165) is 22.8 Å². The molecule has 0 fully saturated rings. The van der Waals surface area contributed by atoms with Crippen molar-refractivity contribution in [1.29, 1.82) is 0 Å². The smallest absolute Gasteiger partial charge is 0.237 e. The summed E-state index contributed by atoms with van der Waals surface area (Å²) in [6, 6.07) is 7.63. The number of hydrogen-bond donors (Lipinski definition) is 2. The zero-order valence-electron chi connectivity index (χ0n) is 16.7. The highest BCUT2D eigenvalue weighted by Crippen LogP contribution is 2.20. The molecular formula is C21H30N4O2. The molecule has 2 rings (SSSR count). The van der Waals surface area contributed by atoms with Crippen LogP contribution in [0.2, 0.25) is 0 Å². The van der Waals surface area contributed by atoms with E-state index in [1.54, 1.807) is 6.20 Å². The topological polar surface area (TPSA) is 88.3 Å². The van der Waals surface area contributed by atoms with Crippen molar-refractivity contribution in [1.82, 2.24) is 15.2 Å². The number of anilines is 1. The van der Waals surface area contributed by atoms with Gasteiger partial charge < -0.3 is 11.1 Å². The number of nitrogen functional groups attached to an aromatic ring is 1. The lowest BCUT2D eigenvalue weighted by molar-refractivity contribution is -0.129. The lowest BCUT2D eigenvalue weighted by atomic mass is 9.97. The molecule has 27 heavy (non-hydrogen) atoms. The number of nitrogens with zero attached hydrogens (tertiary/aromatic N) is 2. The fraction of sp³-hybridized carbons (Fsp3) is 0.476. The summed E-state index contributed by atoms with van der Waals surface area (Å²) in [5.41, 5.74) is 6.93. The summed E-state index contributed by atoms with van der Waals surface area (Å²) in [5.74, 6) is 0.681. The molecule has 0 spiro atoms. The van der Waals surface area contributed by atoms with Crippen molar-refractivity contribution in [3.63, 3.8) is 0 Å². The molecule has 0 aliphatic heterocycles. The van der Waals surface area contributed by atoms with E-state index in [2.05, 4.69) is 17.2 Å². The number of aryl methyl sites for hydroxylation is 1. The Hall–Kier alpha value is -2.47. The van der Waals surface area contributed by atoms with Gasteiger partial charge in [0.05, 0.1) is 12.6 Å². The number of fused-ring (bicyclic) bond motifs is 1. The number of pyridine rings is 1. The summed E-state index contributed by atoms with van der Waals surface area (Å²) < 4.78 is 0. The van der Waals surface area contributed by atoms with Gasteiger partial charge in [-0.1, -0.05) is 38.5 Å². The van der Waals surface area contributed by atoms with Crippen LogP contribution in [0.1, 0.15) is 32.3 Å². The number of nitrogens with one attached hydrogen (secondary N) is 1. The maximum atomic E-state index is 12.4. The van der Waals surface area contributed by atoms with Crippen LogP contribution in [0.3, 0.4) is 0 Å². The minimum Gasteiger partial charge on any atom is -0.383 e. The molecule has 6 nitrogen and oxygen atoms in total. The highest BCUT2D eigenvalue weighted by atomic mass is 16.2. The molecule has 0 aliphatic carbocycles. The minimum absolute atomic E-state index is 0.0272. The summed E-state index contributed by atoms with van der Waals surface area (Å²) in [7, 11) is 3.78. The van der Waals surface area contributed by atoms with Gasteiger partial charge in [0, 0.05) is 18.0 Å². The SMILES string of the molecule is CCC(C)[C@H](C(=O)NCC(=O)CCc1ccc2c(N)nccc2c1)N(C)C. The number of ketones is 1. The van der Waals surface area contributed by atoms with Crippen LogP contribution < -0.4 is 11.1 Å². The van der Waals surface area contributed by atoms with Crippen LogP contribution in [-0.2, 0) is 16.0 Å². The molecule has 0 bridgehead atoms. The van der Waals surface area contributed by atoms with Gasteiger partial charge in [0.1, 0.15) is 5.82 Å². The number of benzene rings is 1. The molecule has 0 saturated carbocycles. The van der Waals surface area contributed by atoms with Crippen LogP contribution in [0.25, 0.3) is 10.8 Å². The number of amides is 1. The first-order valence-corrected chi connectivity index (χ1v) is 9.42. The molecule has 3 N–H and O–H groups in total. The number of hydrogen-bond acceptors (Lipinski definition) is 5. The second-order valence-corrected chi connectivity index (χ2v) is 7.30. The van der Waals surface area contributed by atoms with Gasteiger partial charge >= 0.3 is 0 Å². The van der Waals surface area contributed by atoms with Gasteiger partial charge in [-0.3, -0.25) is 14.5 Å². The average Bonchev–Trinajstić information content (AvgIpc) is 2.64. The van der Waals surface area contributed by atoms with Gasteiger partial charge in [-0.25, -0.2) is 4.98 Å². The van der Waals surface area contributed by atoms with Gasteiger partial charge in [-0.2, -0.15) is 0 Å². The summed E-state index contributed by atoms with van der Waals surface area (Å²) in [4.78, 5) is 30.6. The van der Waals surface area contributed by atoms with Crippen LogP contribution in [0.5, 0.6) is 0 Å². The standard InChI is InChI=1S/C21H30N4O2/c1-5-14(2)19(25(3)4)21(27)24-13-17(26)8-6-15-7-9-18-16(12-15)10-11-23-20(18)22/h7,9-12,14,19H,5-6,8,13H2,1-4H3,(H2,22,23)(H,24,27)/t14?,19-/m1/s1. The average molecular weight is 370 g/mol. The van der Waals surface area contributed by atoms with E-state index in [9.17, 15) is 9.59 Å². The van der Waals surface area contributed by atoms with E-state index < -0.39 is 0 Å². The minimum atomic E-state index is -0.220. The largest absolute Gasteiger partial charge is 0.383 e. The summed E-state index contributed by atoms with van der Waals surface area (Å²) in [6.45, 7) is 4.19. The number of carbonyl (C=O) groups is 2. The summed E-state index contributed by atoms with van der Waals surface area (Å²) in [6.07, 6.45) is 3.62. The third-order valence-corrected chi connectivity index (χ3v) is 5.02. The molecule has 1 unspecified atom stereocenters. The molecule has 1 heterocycles. The van der Waals surface area contributed by atoms with Gasteiger partial charge in [-0.05, 0) is 43.5 Å². The number of likely N-dealkylation sites (N-methyl/N-ethyl adjacent to an activating group) is 1. The van der Waals surface area contributed by atoms with Crippen LogP contribution >= 0.6 is 0 Å². The Balaban J connectivity index is 1.88. The van der Waals surface area contributed by atoms with E-state index in [0.29, 0.717) is 18.7 Å². The van der Waals surface area contributed by atoms with Crippen LogP contribution in [0.4, 0.5) is 5.82 Å². The molecule has 0 aliphatic rings. The van der Waals surface area contributed by atoms with E-state index in [1.807, 2.05) is 50.2 Å². The lowest BCUT2D eigenvalue weighted by Gasteiger charge is -2.28. The van der Waals surface area contributed by atoms with Crippen molar-refractivity contribution in [2.24, 2.45) is 5.92 Å². The molecule has 146 valence electrons. The van der Waals surface area contributed by atoms with Crippen molar-refractivity contribution in [2.75, 3.05) is 26.4 Å². The Morgan fingerprint density at radius 1 is 1.26 bits per heavy atom. The molecule has 2 aromatic rings. The van der Waals surface area contributed by atoms with E-state index in [1.165, 1.54) is 0 Å². The van der Waals surface area contributed by atoms with Crippen LogP contribution in [0.15, 0.2) is 30.5 Å². The fourth-order valence-corrected chi connectivity index (χ4v) is 3.29. The van der Waals surface area contributed by atoms with Gasteiger partial charge in [0.15, 0.2) is 5.78 Å². The quantitative estimate of drug-likeness (QED) is 0.708. The monoisotopic (exact) mass is 370 g/mol. The van der Waals surface area contributed by atoms with Gasteiger partial charge in [0.25, 0.3) is 0 Å². The van der Waals surface area contributed by atoms with Crippen molar-refractivity contribution < 1.29 is 9.59 Å². The first-order valence-electron chi connectivity index (χ1n) is 9.42. The highest BCUT2D eigenvalue weighted by molar-refractivity contribution is 5.91. The Kier molecular flexibility index (Phi) is 7.30. The molecule has 6 heteroatoms.